The first-order valence-corrected chi connectivity index (χ1v) is 11.4. The Morgan fingerprint density at radius 1 is 1.03 bits per heavy atom. The molecule has 0 atom stereocenters. The number of aromatic nitrogens is 4. The highest BCUT2D eigenvalue weighted by Gasteiger charge is 2.44. The number of fused-ring (bicyclic) bond motifs is 1. The fourth-order valence-electron chi connectivity index (χ4n) is 4.84. The largest absolute Gasteiger partial charge is 0.442 e. The smallest absolute Gasteiger partial charge is 0.257 e. The van der Waals surface area contributed by atoms with Crippen LogP contribution in [0.5, 0.6) is 0 Å². The van der Waals surface area contributed by atoms with E-state index in [1.807, 2.05) is 18.2 Å². The number of nitrogens with one attached hydrogen (secondary N) is 1. The van der Waals surface area contributed by atoms with Crippen molar-refractivity contribution in [2.24, 2.45) is 5.41 Å². The summed E-state index contributed by atoms with van der Waals surface area (Å²) in [6, 6.07) is 7.32. The van der Waals surface area contributed by atoms with E-state index in [4.69, 9.17) is 4.42 Å². The van der Waals surface area contributed by atoms with Crippen molar-refractivity contribution in [3.63, 3.8) is 0 Å². The average molecular weight is 456 g/mol. The van der Waals surface area contributed by atoms with Crippen LogP contribution < -0.4 is 10.2 Å². The minimum absolute atomic E-state index is 0.213. The Hall–Kier alpha value is -3.85. The Bertz CT molecular complexity index is 1340. The fraction of sp³-hybridized carbons (Fsp3) is 0.320. The summed E-state index contributed by atoms with van der Waals surface area (Å²) < 4.78 is 5.34. The van der Waals surface area contributed by atoms with Gasteiger partial charge < -0.3 is 19.5 Å². The number of pyridine rings is 3. The predicted octanol–water partition coefficient (Wildman–Crippen LogP) is 3.46. The standard InChI is InChI=1S/C25H25N7O2/c1-31-6-3-25(4-7-31)14-32(15-25)23-10-17(2-5-27-23)24(33)30-22-9-18-8-20(21-13-26-16-34-21)28-11-19(18)12-29-22/h2,5,8-13,16H,3-4,6-7,14-15H2,1H3,(H,29,30,33). The van der Waals surface area contributed by atoms with Crippen LogP contribution in [0.25, 0.3) is 22.2 Å². The molecule has 9 nitrogen and oxygen atoms in total. The Labute approximate surface area is 196 Å². The number of carbonyl (C=O) groups excluding carboxylic acids is 1. The van der Waals surface area contributed by atoms with E-state index in [1.165, 1.54) is 19.2 Å². The quantitative estimate of drug-likeness (QED) is 0.499. The minimum atomic E-state index is -0.213. The van der Waals surface area contributed by atoms with Crippen molar-refractivity contribution >= 4 is 28.3 Å². The monoisotopic (exact) mass is 455 g/mol. The van der Waals surface area contributed by atoms with Gasteiger partial charge in [0.15, 0.2) is 12.2 Å². The maximum Gasteiger partial charge on any atom is 0.257 e. The second-order valence-electron chi connectivity index (χ2n) is 9.37. The summed E-state index contributed by atoms with van der Waals surface area (Å²) >= 11 is 0. The van der Waals surface area contributed by atoms with Crippen molar-refractivity contribution in [2.75, 3.05) is 43.4 Å². The van der Waals surface area contributed by atoms with Crippen LogP contribution in [0.2, 0.25) is 0 Å². The highest BCUT2D eigenvalue weighted by atomic mass is 16.3. The molecule has 9 heteroatoms. The van der Waals surface area contributed by atoms with Gasteiger partial charge in [-0.15, -0.1) is 0 Å². The van der Waals surface area contributed by atoms with E-state index in [0.29, 0.717) is 28.3 Å². The highest BCUT2D eigenvalue weighted by molar-refractivity contribution is 6.05. The molecule has 34 heavy (non-hydrogen) atoms. The third-order valence-corrected chi connectivity index (χ3v) is 6.96. The second-order valence-corrected chi connectivity index (χ2v) is 9.37. The van der Waals surface area contributed by atoms with Gasteiger partial charge in [0.1, 0.15) is 17.3 Å². The number of oxazole rings is 1. The molecule has 1 amide bonds. The third kappa shape index (κ3) is 3.88. The molecular weight excluding hydrogens is 430 g/mol. The summed E-state index contributed by atoms with van der Waals surface area (Å²) in [5.74, 6) is 1.70. The molecule has 2 fully saturated rings. The zero-order valence-corrected chi connectivity index (χ0v) is 18.9. The van der Waals surface area contributed by atoms with Gasteiger partial charge in [0.05, 0.1) is 6.20 Å². The Balaban J connectivity index is 1.16. The molecule has 0 aliphatic carbocycles. The van der Waals surface area contributed by atoms with Gasteiger partial charge >= 0.3 is 0 Å². The molecule has 6 rings (SSSR count). The van der Waals surface area contributed by atoms with Gasteiger partial charge in [0.25, 0.3) is 5.91 Å². The molecule has 0 radical (unpaired) electrons. The maximum absolute atomic E-state index is 13.0. The van der Waals surface area contributed by atoms with Crippen molar-refractivity contribution in [3.8, 4) is 11.5 Å². The lowest BCUT2D eigenvalue weighted by atomic mass is 9.72. The van der Waals surface area contributed by atoms with Gasteiger partial charge in [-0.05, 0) is 62.6 Å². The van der Waals surface area contributed by atoms with Gasteiger partial charge in [-0.1, -0.05) is 0 Å². The van der Waals surface area contributed by atoms with E-state index in [-0.39, 0.29) is 5.91 Å². The molecule has 0 aromatic carbocycles. The number of rotatable bonds is 4. The Morgan fingerprint density at radius 2 is 1.85 bits per heavy atom. The lowest BCUT2D eigenvalue weighted by Gasteiger charge is -2.54. The van der Waals surface area contributed by atoms with Crippen molar-refractivity contribution < 1.29 is 9.21 Å². The number of amides is 1. The van der Waals surface area contributed by atoms with Crippen LogP contribution in [0.1, 0.15) is 23.2 Å². The van der Waals surface area contributed by atoms with E-state index < -0.39 is 0 Å². The molecule has 4 aromatic rings. The molecule has 1 spiro atoms. The van der Waals surface area contributed by atoms with Crippen molar-refractivity contribution in [1.82, 2.24) is 24.8 Å². The molecule has 0 bridgehead atoms. The normalized spacial score (nSPS) is 17.6. The summed E-state index contributed by atoms with van der Waals surface area (Å²) in [4.78, 5) is 34.9. The van der Waals surface area contributed by atoms with Crippen LogP contribution in [0.4, 0.5) is 11.6 Å². The van der Waals surface area contributed by atoms with Gasteiger partial charge in [-0.3, -0.25) is 9.78 Å². The molecule has 172 valence electrons. The van der Waals surface area contributed by atoms with Gasteiger partial charge in [-0.25, -0.2) is 15.0 Å². The molecule has 0 unspecified atom stereocenters. The summed E-state index contributed by atoms with van der Waals surface area (Å²) in [5, 5.41) is 4.67. The Morgan fingerprint density at radius 3 is 2.65 bits per heavy atom. The van der Waals surface area contributed by atoms with Gasteiger partial charge in [0, 0.05) is 48.0 Å². The number of piperidine rings is 1. The second kappa shape index (κ2) is 8.18. The van der Waals surface area contributed by atoms with E-state index in [1.54, 1.807) is 30.9 Å². The van der Waals surface area contributed by atoms with E-state index in [0.717, 1.165) is 42.8 Å². The molecule has 2 saturated heterocycles. The number of nitrogens with zero attached hydrogens (tertiary/aromatic N) is 6. The topological polar surface area (TPSA) is 100 Å². The third-order valence-electron chi connectivity index (χ3n) is 6.96. The molecule has 2 aliphatic heterocycles. The number of anilines is 2. The molecule has 6 heterocycles. The summed E-state index contributed by atoms with van der Waals surface area (Å²) in [6.45, 7) is 4.32. The van der Waals surface area contributed by atoms with E-state index >= 15 is 0 Å². The minimum Gasteiger partial charge on any atom is -0.442 e. The fourth-order valence-corrected chi connectivity index (χ4v) is 4.84. The highest BCUT2D eigenvalue weighted by Crippen LogP contribution is 2.41. The zero-order chi connectivity index (χ0) is 23.1. The van der Waals surface area contributed by atoms with Crippen molar-refractivity contribution in [1.29, 1.82) is 0 Å². The Kier molecular flexibility index (Phi) is 4.99. The number of hydrogen-bond acceptors (Lipinski definition) is 8. The van der Waals surface area contributed by atoms with Gasteiger partial charge in [0.2, 0.25) is 0 Å². The maximum atomic E-state index is 13.0. The lowest BCUT2D eigenvalue weighted by molar-refractivity contribution is 0.0900. The van der Waals surface area contributed by atoms with Crippen LogP contribution in [-0.4, -0.2) is 64.0 Å². The van der Waals surface area contributed by atoms with Crippen LogP contribution in [0.15, 0.2) is 59.9 Å². The number of carbonyl (C=O) groups is 1. The first-order chi connectivity index (χ1) is 16.6. The summed E-state index contributed by atoms with van der Waals surface area (Å²) in [6.07, 6.45) is 10.6. The first kappa shape index (κ1) is 20.7. The van der Waals surface area contributed by atoms with Crippen molar-refractivity contribution in [3.05, 3.63) is 61.0 Å². The number of likely N-dealkylation sites (tertiary alicyclic amines) is 1. The van der Waals surface area contributed by atoms with Gasteiger partial charge in [-0.2, -0.15) is 0 Å². The van der Waals surface area contributed by atoms with E-state index in [9.17, 15) is 4.79 Å². The lowest BCUT2D eigenvalue weighted by Crippen LogP contribution is -2.60. The van der Waals surface area contributed by atoms with Crippen LogP contribution in [0, 0.1) is 5.41 Å². The van der Waals surface area contributed by atoms with Crippen LogP contribution in [0.3, 0.4) is 0 Å². The first-order valence-electron chi connectivity index (χ1n) is 11.4. The zero-order valence-electron chi connectivity index (χ0n) is 18.9. The number of hydrogen-bond donors (Lipinski definition) is 1. The SMILES string of the molecule is CN1CCC2(CC1)CN(c1cc(C(=O)Nc3cc4cc(-c5cnco5)ncc4cn3)ccn1)C2. The molecule has 0 saturated carbocycles. The van der Waals surface area contributed by atoms with Crippen LogP contribution >= 0.6 is 0 Å². The van der Waals surface area contributed by atoms with Crippen molar-refractivity contribution in [2.45, 2.75) is 12.8 Å². The molecular formula is C25H25N7O2. The molecule has 4 aromatic heterocycles. The summed E-state index contributed by atoms with van der Waals surface area (Å²) in [7, 11) is 2.18. The van der Waals surface area contributed by atoms with E-state index in [2.05, 4.69) is 42.1 Å². The van der Waals surface area contributed by atoms with Crippen LogP contribution in [-0.2, 0) is 0 Å². The summed E-state index contributed by atoms with van der Waals surface area (Å²) in [5.41, 5.74) is 1.64. The predicted molar refractivity (Wildman–Crippen MR) is 129 cm³/mol. The molecule has 2 aliphatic rings. The average Bonchev–Trinajstić information content (AvgIpc) is 3.38. The molecule has 1 N–H and O–H groups in total.